The first-order valence-corrected chi connectivity index (χ1v) is 19.6. The maximum absolute atomic E-state index is 14.3. The van der Waals surface area contributed by atoms with Crippen LogP contribution in [-0.4, -0.2) is 90.9 Å². The van der Waals surface area contributed by atoms with Gasteiger partial charge in [0.25, 0.3) is 5.56 Å². The summed E-state index contributed by atoms with van der Waals surface area (Å²) >= 11 is 7.88. The van der Waals surface area contributed by atoms with Gasteiger partial charge < -0.3 is 24.0 Å². The van der Waals surface area contributed by atoms with Gasteiger partial charge in [-0.2, -0.15) is 0 Å². The third kappa shape index (κ3) is 7.62. The number of hydrogen-bond donors (Lipinski definition) is 1. The van der Waals surface area contributed by atoms with Crippen molar-refractivity contribution in [3.63, 3.8) is 0 Å². The van der Waals surface area contributed by atoms with Crippen LogP contribution in [0.25, 0.3) is 27.3 Å². The molecule has 1 N–H and O–H groups in total. The Balaban J connectivity index is 0.923. The molecule has 2 fully saturated rings. The number of hydrogen-bond acceptors (Lipinski definition) is 10. The predicted molar refractivity (Wildman–Crippen MR) is 212 cm³/mol. The second-order valence-electron chi connectivity index (χ2n) is 14.3. The second-order valence-corrected chi connectivity index (χ2v) is 15.9. The van der Waals surface area contributed by atoms with Gasteiger partial charge in [0, 0.05) is 79.2 Å². The van der Waals surface area contributed by atoms with Gasteiger partial charge in [-0.25, -0.2) is 15.0 Å². The van der Waals surface area contributed by atoms with E-state index in [-0.39, 0.29) is 29.8 Å². The normalized spacial score (nSPS) is 18.7. The first-order valence-electron chi connectivity index (χ1n) is 18.4. The standard InChI is InChI=1S/C41H42ClN7O5S/c1-53-35-20-29(9-10-34(35)42)49-17-13-32-37(49)45-26-48(40(32)51)25-41(52)14-18-47(19-15-41)39(50)31-12-16-46(24-33(31)27-6-4-3-5-7-27)23-30-22-44-38(55-30)28-8-11-36(54-2)43-21-28/h3-11,13,17,20-22,26,31,33,52H,12,14-16,18-19,23-25H2,1-2H3/t31-,33+/m1/s1. The maximum Gasteiger partial charge on any atom is 0.262 e. The van der Waals surface area contributed by atoms with Crippen molar-refractivity contribution in [2.24, 2.45) is 5.92 Å². The fraction of sp³-hybridized carbons (Fsp3) is 0.341. The van der Waals surface area contributed by atoms with Crippen LogP contribution in [0.4, 0.5) is 0 Å². The summed E-state index contributed by atoms with van der Waals surface area (Å²) in [7, 11) is 3.15. The topological polar surface area (TPSA) is 128 Å². The molecule has 6 aromatic rings. The van der Waals surface area contributed by atoms with Crippen LogP contribution in [0.2, 0.25) is 5.02 Å². The van der Waals surface area contributed by atoms with E-state index in [4.69, 9.17) is 21.1 Å². The van der Waals surface area contributed by atoms with Gasteiger partial charge in [-0.3, -0.25) is 19.1 Å². The Morgan fingerprint density at radius 3 is 2.55 bits per heavy atom. The highest BCUT2D eigenvalue weighted by Crippen LogP contribution is 2.37. The number of carbonyl (C=O) groups is 1. The molecular weight excluding hydrogens is 738 g/mol. The minimum Gasteiger partial charge on any atom is -0.495 e. The van der Waals surface area contributed by atoms with Crippen molar-refractivity contribution in [1.82, 2.24) is 33.9 Å². The van der Waals surface area contributed by atoms with Crippen molar-refractivity contribution in [2.75, 3.05) is 40.4 Å². The average molecular weight is 780 g/mol. The number of aromatic nitrogens is 5. The largest absolute Gasteiger partial charge is 0.495 e. The molecule has 2 aliphatic rings. The van der Waals surface area contributed by atoms with Gasteiger partial charge in [-0.1, -0.05) is 41.9 Å². The van der Waals surface area contributed by atoms with Crippen molar-refractivity contribution in [2.45, 2.75) is 43.9 Å². The van der Waals surface area contributed by atoms with E-state index in [1.165, 1.54) is 10.9 Å². The molecule has 14 heteroatoms. The zero-order chi connectivity index (χ0) is 38.1. The molecule has 4 aromatic heterocycles. The molecule has 55 heavy (non-hydrogen) atoms. The van der Waals surface area contributed by atoms with E-state index in [1.807, 2.05) is 52.1 Å². The van der Waals surface area contributed by atoms with Crippen molar-refractivity contribution in [3.8, 4) is 27.9 Å². The molecule has 2 aromatic carbocycles. The van der Waals surface area contributed by atoms with Crippen molar-refractivity contribution >= 4 is 39.9 Å². The van der Waals surface area contributed by atoms with Gasteiger partial charge in [0.2, 0.25) is 11.8 Å². The van der Waals surface area contributed by atoms with Crippen LogP contribution in [0, 0.1) is 5.92 Å². The molecule has 284 valence electrons. The molecule has 0 saturated carbocycles. The molecule has 2 aliphatic heterocycles. The molecule has 12 nitrogen and oxygen atoms in total. The van der Waals surface area contributed by atoms with Crippen LogP contribution in [0.1, 0.15) is 35.6 Å². The molecule has 0 bridgehead atoms. The molecule has 0 unspecified atom stereocenters. The molecule has 8 rings (SSSR count). The number of ether oxygens (including phenoxy) is 2. The zero-order valence-corrected chi connectivity index (χ0v) is 32.2. The fourth-order valence-corrected chi connectivity index (χ4v) is 9.02. The maximum atomic E-state index is 14.3. The molecule has 6 heterocycles. The van der Waals surface area contributed by atoms with E-state index in [0.717, 1.165) is 52.8 Å². The van der Waals surface area contributed by atoms with Crippen LogP contribution >= 0.6 is 22.9 Å². The van der Waals surface area contributed by atoms with Gasteiger partial charge in [-0.05, 0) is 55.6 Å². The minimum atomic E-state index is -1.15. The smallest absolute Gasteiger partial charge is 0.262 e. The van der Waals surface area contributed by atoms with Gasteiger partial charge in [0.1, 0.15) is 17.1 Å². The van der Waals surface area contributed by atoms with Crippen LogP contribution in [0.15, 0.2) is 96.4 Å². The summed E-state index contributed by atoms with van der Waals surface area (Å²) in [6.07, 6.45) is 8.45. The molecule has 0 radical (unpaired) electrons. The number of likely N-dealkylation sites (tertiary alicyclic amines) is 2. The van der Waals surface area contributed by atoms with Crippen molar-refractivity contribution < 1.29 is 19.4 Å². The summed E-state index contributed by atoms with van der Waals surface area (Å²) < 4.78 is 13.8. The van der Waals surface area contributed by atoms with Crippen LogP contribution in [0.5, 0.6) is 11.6 Å². The number of halogens is 1. The van der Waals surface area contributed by atoms with Gasteiger partial charge in [-0.15, -0.1) is 11.3 Å². The van der Waals surface area contributed by atoms with Crippen molar-refractivity contribution in [3.05, 3.63) is 117 Å². The fourth-order valence-electron chi connectivity index (χ4n) is 7.89. The van der Waals surface area contributed by atoms with E-state index < -0.39 is 5.60 Å². The van der Waals surface area contributed by atoms with E-state index in [2.05, 4.69) is 32.0 Å². The monoisotopic (exact) mass is 779 g/mol. The van der Waals surface area contributed by atoms with E-state index in [0.29, 0.717) is 53.6 Å². The lowest BCUT2D eigenvalue weighted by atomic mass is 9.79. The van der Waals surface area contributed by atoms with Gasteiger partial charge >= 0.3 is 0 Å². The van der Waals surface area contributed by atoms with Crippen LogP contribution in [-0.2, 0) is 17.9 Å². The highest BCUT2D eigenvalue weighted by Gasteiger charge is 2.41. The number of thiazole rings is 1. The Morgan fingerprint density at radius 1 is 0.982 bits per heavy atom. The summed E-state index contributed by atoms with van der Waals surface area (Å²) in [6, 6.07) is 21.2. The Hall–Kier alpha value is -5.08. The van der Waals surface area contributed by atoms with Crippen LogP contribution < -0.4 is 15.0 Å². The summed E-state index contributed by atoms with van der Waals surface area (Å²) in [6.45, 7) is 3.22. The summed E-state index contributed by atoms with van der Waals surface area (Å²) in [5.41, 5.74) is 1.97. The SMILES string of the molecule is COc1ccc(-c2ncc(CN3CC[C@@H](C(=O)N4CCC(O)(Cn5cnc6c(ccn6-c6ccc(Cl)c(OC)c6)c5=O)CC4)[C@H](c4ccccc4)C3)s2)cn1. The van der Waals surface area contributed by atoms with E-state index >= 15 is 0 Å². The summed E-state index contributed by atoms with van der Waals surface area (Å²) in [4.78, 5) is 47.0. The average Bonchev–Trinajstić information content (AvgIpc) is 3.88. The summed E-state index contributed by atoms with van der Waals surface area (Å²) in [5, 5.41) is 13.6. The number of rotatable bonds is 10. The van der Waals surface area contributed by atoms with Gasteiger partial charge in [0.05, 0.1) is 42.5 Å². The molecule has 1 amide bonds. The molecule has 2 atom stereocenters. The first kappa shape index (κ1) is 36.9. The zero-order valence-electron chi connectivity index (χ0n) is 30.7. The number of benzene rings is 2. The lowest BCUT2D eigenvalue weighted by molar-refractivity contribution is -0.142. The van der Waals surface area contributed by atoms with Crippen LogP contribution in [0.3, 0.4) is 0 Å². The number of pyridine rings is 1. The number of carbonyl (C=O) groups excluding carboxylic acids is 1. The molecule has 2 saturated heterocycles. The lowest BCUT2D eigenvalue weighted by Crippen LogP contribution is -2.53. The predicted octanol–water partition coefficient (Wildman–Crippen LogP) is 6.04. The number of amides is 1. The third-order valence-corrected chi connectivity index (χ3v) is 12.3. The Kier molecular flexibility index (Phi) is 10.4. The third-order valence-electron chi connectivity index (χ3n) is 10.9. The number of aliphatic hydroxyl groups is 1. The van der Waals surface area contributed by atoms with Gasteiger partial charge in [0.15, 0.2) is 5.65 Å². The molecule has 0 aliphatic carbocycles. The number of fused-ring (bicyclic) bond motifs is 1. The number of methoxy groups -OCH3 is 2. The Morgan fingerprint density at radius 2 is 1.80 bits per heavy atom. The molecular formula is C41H42ClN7O5S. The van der Waals surface area contributed by atoms with E-state index in [9.17, 15) is 14.7 Å². The second kappa shape index (κ2) is 15.6. The number of piperidine rings is 2. The highest BCUT2D eigenvalue weighted by atomic mass is 35.5. The minimum absolute atomic E-state index is 0.0269. The summed E-state index contributed by atoms with van der Waals surface area (Å²) in [5.74, 6) is 1.07. The molecule has 0 spiro atoms. The van der Waals surface area contributed by atoms with E-state index in [1.54, 1.807) is 56.1 Å². The Labute approximate surface area is 327 Å². The Bertz CT molecular complexity index is 2350. The highest BCUT2D eigenvalue weighted by molar-refractivity contribution is 7.15. The first-order chi connectivity index (χ1) is 26.7. The number of nitrogens with zero attached hydrogens (tertiary/aromatic N) is 7. The lowest BCUT2D eigenvalue weighted by Gasteiger charge is -2.43. The quantitative estimate of drug-likeness (QED) is 0.177. The van der Waals surface area contributed by atoms with Crippen molar-refractivity contribution in [1.29, 1.82) is 0 Å².